The SMILES string of the molecule is CC1=CCc2c(N3CCN(C(=O)OC(C)(C)C)CC3)cccc2N1S(=O)(=O)c1cccc2ccccc12. The molecule has 2 heterocycles. The molecule has 0 aromatic heterocycles. The van der Waals surface area contributed by atoms with Gasteiger partial charge in [0, 0.05) is 48.5 Å². The molecular formula is C29H33N3O4S. The third-order valence-corrected chi connectivity index (χ3v) is 8.68. The van der Waals surface area contributed by atoms with E-state index in [9.17, 15) is 13.2 Å². The van der Waals surface area contributed by atoms with Gasteiger partial charge in [0.25, 0.3) is 10.0 Å². The molecule has 1 amide bonds. The number of allylic oxidation sites excluding steroid dienone is 2. The van der Waals surface area contributed by atoms with E-state index in [-0.39, 0.29) is 6.09 Å². The molecule has 0 aliphatic carbocycles. The van der Waals surface area contributed by atoms with E-state index in [1.165, 1.54) is 4.31 Å². The van der Waals surface area contributed by atoms with Crippen molar-refractivity contribution in [1.29, 1.82) is 0 Å². The Hall–Kier alpha value is -3.52. The standard InChI is InChI=1S/C29H33N3O4S/c1-21-15-16-24-25(30-17-19-31(20-18-30)28(33)36-29(2,3)4)12-8-13-26(24)32(21)37(34,35)27-14-7-10-22-9-5-6-11-23(22)27/h5-15H,16-20H2,1-4H3. The zero-order valence-corrected chi connectivity index (χ0v) is 22.6. The van der Waals surface area contributed by atoms with Crippen LogP contribution in [0.1, 0.15) is 33.3 Å². The molecule has 0 radical (unpaired) electrons. The molecule has 0 N–H and O–H groups in total. The van der Waals surface area contributed by atoms with Gasteiger partial charge in [-0.2, -0.15) is 0 Å². The van der Waals surface area contributed by atoms with Crippen molar-refractivity contribution in [3.63, 3.8) is 0 Å². The zero-order valence-electron chi connectivity index (χ0n) is 21.8. The van der Waals surface area contributed by atoms with E-state index in [1.807, 2.05) is 82.3 Å². The molecule has 3 aromatic carbocycles. The van der Waals surface area contributed by atoms with E-state index in [0.29, 0.717) is 54.3 Å². The van der Waals surface area contributed by atoms with Gasteiger partial charge in [-0.1, -0.05) is 48.5 Å². The highest BCUT2D eigenvalue weighted by molar-refractivity contribution is 7.93. The highest BCUT2D eigenvalue weighted by Gasteiger charge is 2.34. The summed E-state index contributed by atoms with van der Waals surface area (Å²) >= 11 is 0. The summed E-state index contributed by atoms with van der Waals surface area (Å²) in [5, 5.41) is 1.60. The first-order valence-corrected chi connectivity index (χ1v) is 14.0. The predicted octanol–water partition coefficient (Wildman–Crippen LogP) is 5.55. The number of fused-ring (bicyclic) bond motifs is 2. The lowest BCUT2D eigenvalue weighted by atomic mass is 10.0. The average molecular weight is 520 g/mol. The number of hydrogen-bond donors (Lipinski definition) is 0. The molecule has 2 aliphatic rings. The lowest BCUT2D eigenvalue weighted by Crippen LogP contribution is -2.50. The Kier molecular flexibility index (Phi) is 6.40. The fourth-order valence-corrected chi connectivity index (χ4v) is 6.87. The third-order valence-electron chi connectivity index (χ3n) is 6.81. The molecule has 2 aliphatic heterocycles. The number of piperazine rings is 1. The maximum absolute atomic E-state index is 14.1. The van der Waals surface area contributed by atoms with Crippen molar-refractivity contribution in [3.05, 3.63) is 78.0 Å². The second-order valence-corrected chi connectivity index (χ2v) is 12.3. The van der Waals surface area contributed by atoms with Gasteiger partial charge in [0.2, 0.25) is 0 Å². The number of amides is 1. The minimum absolute atomic E-state index is 0.294. The van der Waals surface area contributed by atoms with Crippen molar-refractivity contribution >= 4 is 38.3 Å². The predicted molar refractivity (Wildman–Crippen MR) is 148 cm³/mol. The zero-order chi connectivity index (χ0) is 26.4. The fourth-order valence-electron chi connectivity index (χ4n) is 5.08. The Bertz CT molecular complexity index is 1480. The minimum Gasteiger partial charge on any atom is -0.444 e. The van der Waals surface area contributed by atoms with Crippen LogP contribution in [-0.4, -0.2) is 51.2 Å². The summed E-state index contributed by atoms with van der Waals surface area (Å²) < 4.78 is 35.2. The fraction of sp³-hybridized carbons (Fsp3) is 0.345. The number of carbonyl (C=O) groups excluding carboxylic acids is 1. The van der Waals surface area contributed by atoms with E-state index in [2.05, 4.69) is 4.90 Å². The lowest BCUT2D eigenvalue weighted by Gasteiger charge is -2.39. The molecule has 7 nitrogen and oxygen atoms in total. The Morgan fingerprint density at radius 3 is 2.24 bits per heavy atom. The second-order valence-electron chi connectivity index (χ2n) is 10.5. The normalized spacial score (nSPS) is 16.4. The molecule has 0 unspecified atom stereocenters. The summed E-state index contributed by atoms with van der Waals surface area (Å²) in [6.07, 6.45) is 2.32. The van der Waals surface area contributed by atoms with Gasteiger partial charge in [-0.25, -0.2) is 17.5 Å². The van der Waals surface area contributed by atoms with E-state index >= 15 is 0 Å². The van der Waals surface area contributed by atoms with Gasteiger partial charge >= 0.3 is 6.09 Å². The monoisotopic (exact) mass is 519 g/mol. The number of nitrogens with zero attached hydrogens (tertiary/aromatic N) is 3. The van der Waals surface area contributed by atoms with Crippen LogP contribution in [-0.2, 0) is 21.2 Å². The summed E-state index contributed by atoms with van der Waals surface area (Å²) in [5.41, 5.74) is 2.81. The topological polar surface area (TPSA) is 70.2 Å². The molecule has 1 fully saturated rings. The van der Waals surface area contributed by atoms with Crippen molar-refractivity contribution in [1.82, 2.24) is 4.90 Å². The number of ether oxygens (including phenoxy) is 1. The van der Waals surface area contributed by atoms with Crippen LogP contribution in [0.5, 0.6) is 0 Å². The first-order valence-electron chi connectivity index (χ1n) is 12.6. The van der Waals surface area contributed by atoms with Crippen molar-refractivity contribution < 1.29 is 17.9 Å². The minimum atomic E-state index is -3.86. The van der Waals surface area contributed by atoms with Gasteiger partial charge in [0.1, 0.15) is 5.60 Å². The van der Waals surface area contributed by atoms with Crippen LogP contribution in [0.2, 0.25) is 0 Å². The van der Waals surface area contributed by atoms with Crippen molar-refractivity contribution in [3.8, 4) is 0 Å². The number of carbonyl (C=O) groups is 1. The number of benzene rings is 3. The van der Waals surface area contributed by atoms with Crippen LogP contribution < -0.4 is 9.21 Å². The average Bonchev–Trinajstić information content (AvgIpc) is 2.86. The number of sulfonamides is 1. The van der Waals surface area contributed by atoms with Crippen molar-refractivity contribution in [2.24, 2.45) is 0 Å². The van der Waals surface area contributed by atoms with Gasteiger partial charge in [-0.3, -0.25) is 0 Å². The van der Waals surface area contributed by atoms with Crippen LogP contribution in [0, 0.1) is 0 Å². The molecule has 194 valence electrons. The summed E-state index contributed by atoms with van der Waals surface area (Å²) in [6, 6.07) is 18.8. The number of anilines is 2. The Morgan fingerprint density at radius 1 is 0.865 bits per heavy atom. The van der Waals surface area contributed by atoms with Crippen molar-refractivity contribution in [2.45, 2.75) is 44.6 Å². The van der Waals surface area contributed by atoms with E-state index in [1.54, 1.807) is 17.0 Å². The van der Waals surface area contributed by atoms with Gasteiger partial charge in [0.05, 0.1) is 10.6 Å². The molecule has 1 saturated heterocycles. The summed E-state index contributed by atoms with van der Waals surface area (Å²) in [5.74, 6) is 0. The van der Waals surface area contributed by atoms with Crippen LogP contribution in [0.25, 0.3) is 10.8 Å². The van der Waals surface area contributed by atoms with Gasteiger partial charge in [-0.05, 0) is 57.7 Å². The quantitative estimate of drug-likeness (QED) is 0.454. The van der Waals surface area contributed by atoms with Gasteiger partial charge in [0.15, 0.2) is 0 Å². The molecule has 0 atom stereocenters. The number of hydrogen-bond acceptors (Lipinski definition) is 5. The summed E-state index contributed by atoms with van der Waals surface area (Å²) in [7, 11) is -3.86. The molecule has 37 heavy (non-hydrogen) atoms. The summed E-state index contributed by atoms with van der Waals surface area (Å²) in [6.45, 7) is 9.83. The van der Waals surface area contributed by atoms with Crippen LogP contribution >= 0.6 is 0 Å². The van der Waals surface area contributed by atoms with Crippen LogP contribution in [0.15, 0.2) is 77.3 Å². The van der Waals surface area contributed by atoms with E-state index < -0.39 is 15.6 Å². The number of rotatable bonds is 3. The third kappa shape index (κ3) is 4.78. The summed E-state index contributed by atoms with van der Waals surface area (Å²) in [4.78, 5) is 16.8. The molecule has 3 aromatic rings. The molecular weight excluding hydrogens is 486 g/mol. The smallest absolute Gasteiger partial charge is 0.410 e. The maximum Gasteiger partial charge on any atom is 0.410 e. The van der Waals surface area contributed by atoms with Crippen LogP contribution in [0.3, 0.4) is 0 Å². The van der Waals surface area contributed by atoms with Crippen molar-refractivity contribution in [2.75, 3.05) is 35.4 Å². The molecule has 0 bridgehead atoms. The first-order chi connectivity index (χ1) is 17.6. The Labute approximate surface area is 219 Å². The maximum atomic E-state index is 14.1. The van der Waals surface area contributed by atoms with E-state index in [4.69, 9.17) is 4.74 Å². The molecule has 5 rings (SSSR count). The Balaban J connectivity index is 1.46. The highest BCUT2D eigenvalue weighted by Crippen LogP contribution is 2.40. The Morgan fingerprint density at radius 2 is 1.51 bits per heavy atom. The van der Waals surface area contributed by atoms with Gasteiger partial charge < -0.3 is 14.5 Å². The first kappa shape index (κ1) is 25.1. The van der Waals surface area contributed by atoms with Gasteiger partial charge in [-0.15, -0.1) is 0 Å². The second kappa shape index (κ2) is 9.41. The lowest BCUT2D eigenvalue weighted by molar-refractivity contribution is 0.0240. The van der Waals surface area contributed by atoms with Crippen LogP contribution in [0.4, 0.5) is 16.2 Å². The largest absolute Gasteiger partial charge is 0.444 e. The van der Waals surface area contributed by atoms with E-state index in [0.717, 1.165) is 16.6 Å². The molecule has 0 saturated carbocycles. The molecule has 8 heteroatoms. The highest BCUT2D eigenvalue weighted by atomic mass is 32.2. The molecule has 0 spiro atoms.